The number of nitrogens with one attached hydrogen (secondary N) is 2. The van der Waals surface area contributed by atoms with Gasteiger partial charge >= 0.3 is 0 Å². The van der Waals surface area contributed by atoms with Crippen molar-refractivity contribution in [3.05, 3.63) is 23.2 Å². The molecule has 1 aromatic carbocycles. The highest BCUT2D eigenvalue weighted by Crippen LogP contribution is 2.28. The Hall–Kier alpha value is -1.22. The number of anilines is 1. The SMILES string of the molecule is CC(C)CC(=O)NC(=S)Nc1cc(S(=O)(=O)N2CCCC2)ccc1Cl. The number of rotatable bonds is 5. The number of halogens is 1. The second-order valence-corrected chi connectivity index (χ2v) is 9.11. The Labute approximate surface area is 159 Å². The number of carbonyl (C=O) groups is 1. The van der Waals surface area contributed by atoms with Gasteiger partial charge in [-0.1, -0.05) is 25.4 Å². The van der Waals surface area contributed by atoms with Crippen LogP contribution in [0.15, 0.2) is 23.1 Å². The molecule has 0 spiro atoms. The van der Waals surface area contributed by atoms with Gasteiger partial charge in [-0.25, -0.2) is 8.42 Å². The van der Waals surface area contributed by atoms with Crippen molar-refractivity contribution in [3.8, 4) is 0 Å². The van der Waals surface area contributed by atoms with Crippen molar-refractivity contribution in [2.24, 2.45) is 5.92 Å². The van der Waals surface area contributed by atoms with Crippen LogP contribution in [0.4, 0.5) is 5.69 Å². The third kappa shape index (κ3) is 5.37. The largest absolute Gasteiger partial charge is 0.331 e. The highest BCUT2D eigenvalue weighted by Gasteiger charge is 2.27. The molecule has 138 valence electrons. The van der Waals surface area contributed by atoms with Crippen molar-refractivity contribution in [2.75, 3.05) is 18.4 Å². The monoisotopic (exact) mass is 403 g/mol. The minimum atomic E-state index is -3.55. The van der Waals surface area contributed by atoms with E-state index in [1.165, 1.54) is 22.5 Å². The summed E-state index contributed by atoms with van der Waals surface area (Å²) in [5.41, 5.74) is 0.344. The molecule has 2 rings (SSSR count). The Balaban J connectivity index is 2.13. The van der Waals surface area contributed by atoms with Gasteiger partial charge in [0, 0.05) is 19.5 Å². The molecule has 0 radical (unpaired) electrons. The fourth-order valence-corrected chi connectivity index (χ4v) is 4.47. The molecule has 6 nitrogen and oxygen atoms in total. The summed E-state index contributed by atoms with van der Waals surface area (Å²) in [6, 6.07) is 4.42. The normalized spacial score (nSPS) is 15.4. The summed E-state index contributed by atoms with van der Waals surface area (Å²) in [6.07, 6.45) is 2.08. The van der Waals surface area contributed by atoms with Gasteiger partial charge in [-0.15, -0.1) is 0 Å². The van der Waals surface area contributed by atoms with Crippen molar-refractivity contribution >= 4 is 50.5 Å². The minimum Gasteiger partial charge on any atom is -0.331 e. The molecule has 1 fully saturated rings. The molecule has 1 aromatic rings. The highest BCUT2D eigenvalue weighted by atomic mass is 35.5. The van der Waals surface area contributed by atoms with Gasteiger partial charge in [-0.2, -0.15) is 4.31 Å². The van der Waals surface area contributed by atoms with Gasteiger partial charge in [0.15, 0.2) is 5.11 Å². The van der Waals surface area contributed by atoms with Crippen LogP contribution in [0.25, 0.3) is 0 Å². The van der Waals surface area contributed by atoms with E-state index in [-0.39, 0.29) is 21.8 Å². The van der Waals surface area contributed by atoms with Gasteiger partial charge in [0.05, 0.1) is 15.6 Å². The second-order valence-electron chi connectivity index (χ2n) is 6.35. The molecule has 1 saturated heterocycles. The van der Waals surface area contributed by atoms with E-state index in [1.54, 1.807) is 0 Å². The lowest BCUT2D eigenvalue weighted by Crippen LogP contribution is -2.34. The number of benzene rings is 1. The maximum Gasteiger partial charge on any atom is 0.243 e. The Morgan fingerprint density at radius 2 is 1.96 bits per heavy atom. The molecule has 0 bridgehead atoms. The summed E-state index contributed by atoms with van der Waals surface area (Å²) in [5.74, 6) is 0.00443. The molecule has 1 aliphatic rings. The van der Waals surface area contributed by atoms with Gasteiger partial charge in [0.25, 0.3) is 0 Å². The molecule has 1 heterocycles. The number of hydrogen-bond acceptors (Lipinski definition) is 4. The molecule has 0 saturated carbocycles. The Morgan fingerprint density at radius 3 is 2.56 bits per heavy atom. The number of nitrogens with zero attached hydrogens (tertiary/aromatic N) is 1. The Kier molecular flexibility index (Phi) is 6.79. The van der Waals surface area contributed by atoms with Gasteiger partial charge in [-0.05, 0) is 49.2 Å². The van der Waals surface area contributed by atoms with Gasteiger partial charge in [0.2, 0.25) is 15.9 Å². The van der Waals surface area contributed by atoms with Crippen LogP contribution in [-0.4, -0.2) is 36.8 Å². The molecular formula is C16H22ClN3O3S2. The zero-order chi connectivity index (χ0) is 18.6. The molecule has 0 aromatic heterocycles. The lowest BCUT2D eigenvalue weighted by Gasteiger charge is -2.17. The number of sulfonamides is 1. The molecule has 2 N–H and O–H groups in total. The van der Waals surface area contributed by atoms with E-state index < -0.39 is 10.0 Å². The first-order valence-electron chi connectivity index (χ1n) is 8.10. The third-order valence-corrected chi connectivity index (χ3v) is 6.16. The molecule has 1 amide bonds. The zero-order valence-corrected chi connectivity index (χ0v) is 16.6. The Bertz CT molecular complexity index is 760. The molecule has 9 heteroatoms. The number of amides is 1. The fraction of sp³-hybridized carbons (Fsp3) is 0.500. The lowest BCUT2D eigenvalue weighted by atomic mass is 10.1. The summed E-state index contributed by atoms with van der Waals surface area (Å²) in [4.78, 5) is 11.9. The fourth-order valence-electron chi connectivity index (χ4n) is 2.54. The molecule has 25 heavy (non-hydrogen) atoms. The van der Waals surface area contributed by atoms with Crippen LogP contribution in [0.1, 0.15) is 33.1 Å². The summed E-state index contributed by atoms with van der Waals surface area (Å²) in [5, 5.41) is 5.77. The maximum atomic E-state index is 12.6. The molecule has 0 unspecified atom stereocenters. The van der Waals surface area contributed by atoms with Crippen molar-refractivity contribution in [1.29, 1.82) is 0 Å². The first-order chi connectivity index (χ1) is 11.7. The maximum absolute atomic E-state index is 12.6. The number of hydrogen-bond donors (Lipinski definition) is 2. The van der Waals surface area contributed by atoms with Crippen LogP contribution >= 0.6 is 23.8 Å². The van der Waals surface area contributed by atoms with Crippen molar-refractivity contribution < 1.29 is 13.2 Å². The predicted molar refractivity (Wildman–Crippen MR) is 103 cm³/mol. The molecule has 1 aliphatic heterocycles. The van der Waals surface area contributed by atoms with Crippen LogP contribution in [0.2, 0.25) is 5.02 Å². The molecule has 0 aliphatic carbocycles. The highest BCUT2D eigenvalue weighted by molar-refractivity contribution is 7.89. The van der Waals surface area contributed by atoms with Crippen molar-refractivity contribution in [1.82, 2.24) is 9.62 Å². The van der Waals surface area contributed by atoms with E-state index >= 15 is 0 Å². The standard InChI is InChI=1S/C16H22ClN3O3S2/c1-11(2)9-15(21)19-16(24)18-14-10-12(5-6-13(14)17)25(22,23)20-7-3-4-8-20/h5-6,10-11H,3-4,7-9H2,1-2H3,(H2,18,19,21,24). The van der Waals surface area contributed by atoms with Crippen LogP contribution in [0.3, 0.4) is 0 Å². The van der Waals surface area contributed by atoms with Gasteiger partial charge in [0.1, 0.15) is 0 Å². The van der Waals surface area contributed by atoms with Gasteiger partial charge in [-0.3, -0.25) is 4.79 Å². The lowest BCUT2D eigenvalue weighted by molar-refractivity contribution is -0.120. The van der Waals surface area contributed by atoms with Gasteiger partial charge < -0.3 is 10.6 Å². The predicted octanol–water partition coefficient (Wildman–Crippen LogP) is 2.98. The van der Waals surface area contributed by atoms with Crippen LogP contribution in [0, 0.1) is 5.92 Å². The van der Waals surface area contributed by atoms with E-state index in [4.69, 9.17) is 23.8 Å². The van der Waals surface area contributed by atoms with E-state index in [0.29, 0.717) is 30.2 Å². The third-order valence-electron chi connectivity index (χ3n) is 3.74. The Morgan fingerprint density at radius 1 is 1.32 bits per heavy atom. The smallest absolute Gasteiger partial charge is 0.243 e. The van der Waals surface area contributed by atoms with Crippen molar-refractivity contribution in [2.45, 2.75) is 38.0 Å². The second kappa shape index (κ2) is 8.44. The average Bonchev–Trinajstić information content (AvgIpc) is 3.03. The van der Waals surface area contributed by atoms with Crippen molar-refractivity contribution in [3.63, 3.8) is 0 Å². The average molecular weight is 404 g/mol. The summed E-state index contributed by atoms with van der Waals surface area (Å²) >= 11 is 11.2. The summed E-state index contributed by atoms with van der Waals surface area (Å²) in [6.45, 7) is 4.91. The topological polar surface area (TPSA) is 78.5 Å². The zero-order valence-electron chi connectivity index (χ0n) is 14.2. The van der Waals surface area contributed by atoms with E-state index in [2.05, 4.69) is 10.6 Å². The summed E-state index contributed by atoms with van der Waals surface area (Å²) in [7, 11) is -3.55. The van der Waals surface area contributed by atoms with E-state index in [0.717, 1.165) is 12.8 Å². The van der Waals surface area contributed by atoms with Crippen LogP contribution in [0.5, 0.6) is 0 Å². The molecular weight excluding hydrogens is 382 g/mol. The quantitative estimate of drug-likeness (QED) is 0.739. The first-order valence-corrected chi connectivity index (χ1v) is 10.3. The van der Waals surface area contributed by atoms with Crippen LogP contribution < -0.4 is 10.6 Å². The molecule has 0 atom stereocenters. The van der Waals surface area contributed by atoms with Crippen LogP contribution in [-0.2, 0) is 14.8 Å². The number of thiocarbonyl (C=S) groups is 1. The van der Waals surface area contributed by atoms with E-state index in [1.807, 2.05) is 13.8 Å². The summed E-state index contributed by atoms with van der Waals surface area (Å²) < 4.78 is 26.7. The first kappa shape index (κ1) is 20.1. The van der Waals surface area contributed by atoms with E-state index in [9.17, 15) is 13.2 Å². The minimum absolute atomic E-state index is 0.0864. The number of carbonyl (C=O) groups excluding carboxylic acids is 1.